The molecule has 6 nitrogen and oxygen atoms in total. The highest BCUT2D eigenvalue weighted by molar-refractivity contribution is 7.11. The first-order valence-electron chi connectivity index (χ1n) is 7.78. The Morgan fingerprint density at radius 3 is 3.00 bits per heavy atom. The van der Waals surface area contributed by atoms with Crippen LogP contribution in [0, 0.1) is 0 Å². The molecule has 126 valence electrons. The van der Waals surface area contributed by atoms with Gasteiger partial charge in [-0.25, -0.2) is 9.78 Å². The lowest BCUT2D eigenvalue weighted by molar-refractivity contribution is 0.129. The van der Waals surface area contributed by atoms with Crippen molar-refractivity contribution in [3.63, 3.8) is 0 Å². The average Bonchev–Trinajstić information content (AvgIpc) is 3.18. The number of nitrogens with one attached hydrogen (secondary N) is 2. The van der Waals surface area contributed by atoms with E-state index in [1.54, 1.807) is 23.5 Å². The van der Waals surface area contributed by atoms with Gasteiger partial charge in [0.1, 0.15) is 11.9 Å². The monoisotopic (exact) mass is 337 g/mol. The third kappa shape index (κ3) is 5.69. The lowest BCUT2D eigenvalue weighted by atomic mass is 10.1. The molecule has 2 heterocycles. The zero-order valence-electron chi connectivity index (χ0n) is 13.4. The van der Waals surface area contributed by atoms with Gasteiger partial charge in [-0.2, -0.15) is 0 Å². The fourth-order valence-electron chi connectivity index (χ4n) is 2.18. The van der Waals surface area contributed by atoms with E-state index >= 15 is 0 Å². The van der Waals surface area contributed by atoms with E-state index in [0.29, 0.717) is 18.7 Å². The van der Waals surface area contributed by atoms with Gasteiger partial charge in [0.2, 0.25) is 0 Å². The Morgan fingerprint density at radius 1 is 1.52 bits per heavy atom. The molecule has 0 aliphatic rings. The molecule has 7 heteroatoms. The van der Waals surface area contributed by atoms with Crippen molar-refractivity contribution >= 4 is 17.4 Å². The maximum Gasteiger partial charge on any atom is 0.315 e. The van der Waals surface area contributed by atoms with Crippen molar-refractivity contribution in [1.29, 1.82) is 0 Å². The number of aliphatic hydroxyl groups is 1. The standard InChI is InChI=1S/C16H23N3O3S/c1-3-12-10-18-15(23-12)6-7-17-16(21)19-11(2)9-13(20)14-5-4-8-22-14/h4-5,8,10-11,13,20H,3,6-7,9H2,1-2H3,(H2,17,19,21). The summed E-state index contributed by atoms with van der Waals surface area (Å²) >= 11 is 1.68. The molecule has 2 rings (SSSR count). The number of thiazole rings is 1. The van der Waals surface area contributed by atoms with Gasteiger partial charge in [0.25, 0.3) is 0 Å². The zero-order chi connectivity index (χ0) is 16.7. The number of hydrogen-bond donors (Lipinski definition) is 3. The van der Waals surface area contributed by atoms with E-state index in [1.165, 1.54) is 11.1 Å². The molecule has 2 aromatic heterocycles. The highest BCUT2D eigenvalue weighted by Crippen LogP contribution is 2.18. The van der Waals surface area contributed by atoms with Crippen molar-refractivity contribution < 1.29 is 14.3 Å². The van der Waals surface area contributed by atoms with Crippen molar-refractivity contribution in [1.82, 2.24) is 15.6 Å². The SMILES string of the molecule is CCc1cnc(CCNC(=O)NC(C)CC(O)c2ccco2)s1. The minimum atomic E-state index is -0.719. The smallest absolute Gasteiger partial charge is 0.315 e. The van der Waals surface area contributed by atoms with Gasteiger partial charge in [-0.1, -0.05) is 6.92 Å². The molecule has 2 amide bonds. The number of furan rings is 1. The molecule has 2 atom stereocenters. The maximum atomic E-state index is 11.8. The van der Waals surface area contributed by atoms with Crippen LogP contribution in [0.1, 0.15) is 42.0 Å². The summed E-state index contributed by atoms with van der Waals surface area (Å²) < 4.78 is 5.14. The van der Waals surface area contributed by atoms with Gasteiger partial charge in [-0.15, -0.1) is 11.3 Å². The van der Waals surface area contributed by atoms with Crippen LogP contribution in [-0.4, -0.2) is 28.7 Å². The topological polar surface area (TPSA) is 87.4 Å². The fraction of sp³-hybridized carbons (Fsp3) is 0.500. The Hall–Kier alpha value is -1.86. The van der Waals surface area contributed by atoms with E-state index < -0.39 is 6.10 Å². The molecular weight excluding hydrogens is 314 g/mol. The Bertz CT molecular complexity index is 597. The average molecular weight is 337 g/mol. The summed E-state index contributed by atoms with van der Waals surface area (Å²) in [7, 11) is 0. The predicted molar refractivity (Wildman–Crippen MR) is 89.5 cm³/mol. The maximum absolute atomic E-state index is 11.8. The molecule has 23 heavy (non-hydrogen) atoms. The van der Waals surface area contributed by atoms with Gasteiger partial charge in [0, 0.05) is 36.5 Å². The van der Waals surface area contributed by atoms with Gasteiger partial charge in [-0.05, 0) is 25.5 Å². The second kappa shape index (κ2) is 8.69. The van der Waals surface area contributed by atoms with Crippen LogP contribution in [0.15, 0.2) is 29.0 Å². The number of aromatic nitrogens is 1. The fourth-order valence-corrected chi connectivity index (χ4v) is 3.04. The van der Waals surface area contributed by atoms with Gasteiger partial charge < -0.3 is 20.2 Å². The minimum Gasteiger partial charge on any atom is -0.467 e. The third-order valence-electron chi connectivity index (χ3n) is 3.40. The Kier molecular flexibility index (Phi) is 6.61. The number of aryl methyl sites for hydroxylation is 1. The normalized spacial score (nSPS) is 13.5. The summed E-state index contributed by atoms with van der Waals surface area (Å²) in [5, 5.41) is 16.6. The summed E-state index contributed by atoms with van der Waals surface area (Å²) in [6.45, 7) is 4.48. The molecule has 0 saturated carbocycles. The number of carbonyl (C=O) groups excluding carboxylic acids is 1. The van der Waals surface area contributed by atoms with Crippen LogP contribution in [0.5, 0.6) is 0 Å². The first kappa shape index (κ1) is 17.5. The molecule has 0 fully saturated rings. The lowest BCUT2D eigenvalue weighted by Crippen LogP contribution is -2.42. The van der Waals surface area contributed by atoms with E-state index in [2.05, 4.69) is 22.5 Å². The molecule has 3 N–H and O–H groups in total. The third-order valence-corrected chi connectivity index (χ3v) is 4.60. The van der Waals surface area contributed by atoms with Gasteiger partial charge in [-0.3, -0.25) is 0 Å². The molecule has 0 saturated heterocycles. The van der Waals surface area contributed by atoms with Crippen molar-refractivity contribution in [2.24, 2.45) is 0 Å². The van der Waals surface area contributed by atoms with Gasteiger partial charge in [0.15, 0.2) is 0 Å². The second-order valence-corrected chi connectivity index (χ2v) is 6.59. The Morgan fingerprint density at radius 2 is 2.35 bits per heavy atom. The van der Waals surface area contributed by atoms with Crippen molar-refractivity contribution in [3.8, 4) is 0 Å². The number of amides is 2. The van der Waals surface area contributed by atoms with Crippen LogP contribution in [0.3, 0.4) is 0 Å². The molecule has 2 unspecified atom stereocenters. The zero-order valence-corrected chi connectivity index (χ0v) is 14.2. The number of aliphatic hydroxyl groups excluding tert-OH is 1. The highest BCUT2D eigenvalue weighted by Gasteiger charge is 2.16. The first-order chi connectivity index (χ1) is 11.1. The quantitative estimate of drug-likeness (QED) is 0.691. The first-order valence-corrected chi connectivity index (χ1v) is 8.59. The predicted octanol–water partition coefficient (Wildman–Crippen LogP) is 2.65. The van der Waals surface area contributed by atoms with E-state index in [9.17, 15) is 9.90 Å². The number of nitrogens with zero attached hydrogens (tertiary/aromatic N) is 1. The van der Waals surface area contributed by atoms with Crippen molar-refractivity contribution in [2.45, 2.75) is 45.3 Å². The van der Waals surface area contributed by atoms with Crippen LogP contribution in [0.4, 0.5) is 4.79 Å². The molecule has 0 spiro atoms. The molecule has 0 bridgehead atoms. The van der Waals surface area contributed by atoms with Crippen molar-refractivity contribution in [3.05, 3.63) is 40.2 Å². The van der Waals surface area contributed by atoms with Crippen LogP contribution in [0.25, 0.3) is 0 Å². The molecule has 0 radical (unpaired) electrons. The Balaban J connectivity index is 1.65. The summed E-state index contributed by atoms with van der Waals surface area (Å²) in [6, 6.07) is 3.04. The van der Waals surface area contributed by atoms with Gasteiger partial charge in [0.05, 0.1) is 11.3 Å². The number of rotatable bonds is 8. The van der Waals surface area contributed by atoms with Crippen LogP contribution in [-0.2, 0) is 12.8 Å². The van der Waals surface area contributed by atoms with E-state index in [4.69, 9.17) is 4.42 Å². The van der Waals surface area contributed by atoms with Crippen LogP contribution >= 0.6 is 11.3 Å². The lowest BCUT2D eigenvalue weighted by Gasteiger charge is -2.17. The second-order valence-electron chi connectivity index (χ2n) is 5.39. The largest absolute Gasteiger partial charge is 0.467 e. The number of carbonyl (C=O) groups is 1. The van der Waals surface area contributed by atoms with E-state index in [0.717, 1.165) is 17.8 Å². The van der Waals surface area contributed by atoms with Crippen LogP contribution in [0.2, 0.25) is 0 Å². The molecular formula is C16H23N3O3S. The highest BCUT2D eigenvalue weighted by atomic mass is 32.1. The number of hydrogen-bond acceptors (Lipinski definition) is 5. The van der Waals surface area contributed by atoms with Crippen molar-refractivity contribution in [2.75, 3.05) is 6.54 Å². The summed E-state index contributed by atoms with van der Waals surface area (Å²) in [5.41, 5.74) is 0. The molecule has 2 aromatic rings. The summed E-state index contributed by atoms with van der Waals surface area (Å²) in [4.78, 5) is 17.4. The number of urea groups is 1. The molecule has 0 aliphatic carbocycles. The van der Waals surface area contributed by atoms with Gasteiger partial charge >= 0.3 is 6.03 Å². The van der Waals surface area contributed by atoms with Crippen LogP contribution < -0.4 is 10.6 Å². The molecule has 0 aromatic carbocycles. The summed E-state index contributed by atoms with van der Waals surface area (Å²) in [5.74, 6) is 0.509. The molecule has 0 aliphatic heterocycles. The minimum absolute atomic E-state index is 0.165. The Labute approximate surface area is 139 Å². The summed E-state index contributed by atoms with van der Waals surface area (Å²) in [6.07, 6.45) is 4.79. The van der Waals surface area contributed by atoms with E-state index in [1.807, 2.05) is 13.1 Å². The van der Waals surface area contributed by atoms with E-state index in [-0.39, 0.29) is 12.1 Å².